The minimum Gasteiger partial charge on any atom is -0.494 e. The number of fused-ring (bicyclic) bond motifs is 1. The molecule has 1 heterocycles. The Balaban J connectivity index is 2.02. The average molecular weight is 488 g/mol. The second kappa shape index (κ2) is 9.21. The number of esters is 1. The van der Waals surface area contributed by atoms with Crippen LogP contribution in [0.4, 0.5) is 18.3 Å². The zero-order chi connectivity index (χ0) is 23.5. The minimum absolute atomic E-state index is 0.139. The smallest absolute Gasteiger partial charge is 0.442 e. The first-order valence-electron chi connectivity index (χ1n) is 9.14. The molecule has 0 bridgehead atoms. The molecule has 0 unspecified atom stereocenters. The zero-order valence-corrected chi connectivity index (χ0v) is 18.3. The molecule has 2 N–H and O–H groups in total. The van der Waals surface area contributed by atoms with Crippen molar-refractivity contribution < 1.29 is 32.2 Å². The van der Waals surface area contributed by atoms with E-state index in [0.717, 1.165) is 18.4 Å². The fraction of sp³-hybridized carbons (Fsp3) is 0.250. The van der Waals surface area contributed by atoms with Crippen molar-refractivity contribution in [3.8, 4) is 5.75 Å². The summed E-state index contributed by atoms with van der Waals surface area (Å²) in [6.07, 6.45) is -5.28. The van der Waals surface area contributed by atoms with Gasteiger partial charge in [0.1, 0.15) is 5.75 Å². The summed E-state index contributed by atoms with van der Waals surface area (Å²) >= 11 is 6.61. The molecule has 3 rings (SSSR count). The van der Waals surface area contributed by atoms with Gasteiger partial charge in [-0.1, -0.05) is 22.9 Å². The molecule has 0 saturated heterocycles. The highest BCUT2D eigenvalue weighted by atomic mass is 35.5. The molecular weight excluding hydrogens is 471 g/mol. The van der Waals surface area contributed by atoms with Gasteiger partial charge in [-0.2, -0.15) is 13.2 Å². The number of thiazole rings is 1. The quantitative estimate of drug-likeness (QED) is 0.373. The molecule has 0 spiro atoms. The fourth-order valence-electron chi connectivity index (χ4n) is 2.76. The number of methoxy groups -OCH3 is 1. The van der Waals surface area contributed by atoms with Gasteiger partial charge in [-0.25, -0.2) is 9.78 Å². The van der Waals surface area contributed by atoms with Crippen molar-refractivity contribution in [3.63, 3.8) is 0 Å². The van der Waals surface area contributed by atoms with E-state index < -0.39 is 23.7 Å². The Morgan fingerprint density at radius 3 is 2.44 bits per heavy atom. The molecule has 0 aliphatic carbocycles. The number of halogens is 4. The van der Waals surface area contributed by atoms with Gasteiger partial charge in [-0.3, -0.25) is 4.79 Å². The number of anilines is 1. The average Bonchev–Trinajstić information content (AvgIpc) is 3.14. The van der Waals surface area contributed by atoms with Gasteiger partial charge in [0.25, 0.3) is 5.91 Å². The summed E-state index contributed by atoms with van der Waals surface area (Å²) in [6.45, 7) is 2.20. The van der Waals surface area contributed by atoms with Crippen molar-refractivity contribution in [3.05, 3.63) is 53.1 Å². The number of nitrogens with one attached hydrogen (secondary N) is 2. The molecule has 170 valence electrons. The number of alkyl halides is 3. The molecule has 3 aromatic rings. The van der Waals surface area contributed by atoms with Gasteiger partial charge in [0.05, 0.1) is 23.9 Å². The highest BCUT2D eigenvalue weighted by Crippen LogP contribution is 2.36. The standard InChI is InChI=1S/C20H17ClF3N3O4S/c1-3-31-13-8-9-14-15(10-13)32-18(25-14)27-19(17(29)30-2,20(22,23)24)26-16(28)11-4-6-12(21)7-5-11/h4-10H,3H2,1-2H3,(H,25,27)(H,26,28)/t19-/m0/s1. The lowest BCUT2D eigenvalue weighted by Gasteiger charge is -2.34. The molecule has 0 fully saturated rings. The number of amides is 1. The molecule has 2 aromatic carbocycles. The summed E-state index contributed by atoms with van der Waals surface area (Å²) in [4.78, 5) is 29.1. The van der Waals surface area contributed by atoms with E-state index in [1.807, 2.05) is 5.32 Å². The van der Waals surface area contributed by atoms with Crippen LogP contribution in [0.25, 0.3) is 10.2 Å². The van der Waals surface area contributed by atoms with Gasteiger partial charge in [0.2, 0.25) is 0 Å². The number of nitrogens with zero attached hydrogens (tertiary/aromatic N) is 1. The van der Waals surface area contributed by atoms with E-state index in [9.17, 15) is 22.8 Å². The van der Waals surface area contributed by atoms with E-state index in [0.29, 0.717) is 22.6 Å². The molecule has 7 nitrogen and oxygen atoms in total. The summed E-state index contributed by atoms with van der Waals surface area (Å²) < 4.78 is 52.9. The summed E-state index contributed by atoms with van der Waals surface area (Å²) in [5, 5.41) is 3.81. The highest BCUT2D eigenvalue weighted by molar-refractivity contribution is 7.22. The lowest BCUT2D eigenvalue weighted by Crippen LogP contribution is -2.69. The van der Waals surface area contributed by atoms with Crippen molar-refractivity contribution in [1.82, 2.24) is 10.3 Å². The lowest BCUT2D eigenvalue weighted by atomic mass is 10.1. The van der Waals surface area contributed by atoms with Crippen LogP contribution in [0.1, 0.15) is 17.3 Å². The van der Waals surface area contributed by atoms with Crippen molar-refractivity contribution in [2.24, 2.45) is 0 Å². The number of ether oxygens (including phenoxy) is 2. The Bertz CT molecular complexity index is 1140. The van der Waals surface area contributed by atoms with E-state index in [1.165, 1.54) is 24.3 Å². The number of rotatable bonds is 7. The monoisotopic (exact) mass is 487 g/mol. The predicted molar refractivity (Wildman–Crippen MR) is 114 cm³/mol. The Morgan fingerprint density at radius 2 is 1.84 bits per heavy atom. The van der Waals surface area contributed by atoms with E-state index in [4.69, 9.17) is 16.3 Å². The summed E-state index contributed by atoms with van der Waals surface area (Å²) in [5.41, 5.74) is -3.35. The Labute approximate surface area is 189 Å². The first kappa shape index (κ1) is 23.6. The van der Waals surface area contributed by atoms with Crippen LogP contribution in [0.15, 0.2) is 42.5 Å². The number of aromatic nitrogens is 1. The van der Waals surface area contributed by atoms with Crippen LogP contribution in [-0.4, -0.2) is 42.4 Å². The molecule has 32 heavy (non-hydrogen) atoms. The minimum atomic E-state index is -5.28. The predicted octanol–water partition coefficient (Wildman–Crippen LogP) is 4.62. The molecule has 1 atom stereocenters. The molecule has 1 aromatic heterocycles. The normalized spacial score (nSPS) is 13.3. The Morgan fingerprint density at radius 1 is 1.16 bits per heavy atom. The largest absolute Gasteiger partial charge is 0.494 e. The topological polar surface area (TPSA) is 89.5 Å². The van der Waals surface area contributed by atoms with Crippen molar-refractivity contribution in [1.29, 1.82) is 0 Å². The van der Waals surface area contributed by atoms with Crippen LogP contribution >= 0.6 is 22.9 Å². The van der Waals surface area contributed by atoms with Crippen LogP contribution in [0.5, 0.6) is 5.75 Å². The van der Waals surface area contributed by atoms with Gasteiger partial charge in [-0.15, -0.1) is 0 Å². The van der Waals surface area contributed by atoms with E-state index in [-0.39, 0.29) is 15.7 Å². The van der Waals surface area contributed by atoms with Crippen LogP contribution < -0.4 is 15.4 Å². The second-order valence-corrected chi connectivity index (χ2v) is 7.87. The maximum absolute atomic E-state index is 14.2. The van der Waals surface area contributed by atoms with Crippen molar-refractivity contribution in [2.45, 2.75) is 18.8 Å². The summed E-state index contributed by atoms with van der Waals surface area (Å²) in [7, 11) is 0.783. The Kier molecular flexibility index (Phi) is 6.79. The third kappa shape index (κ3) is 4.73. The van der Waals surface area contributed by atoms with E-state index >= 15 is 0 Å². The van der Waals surface area contributed by atoms with E-state index in [1.54, 1.807) is 30.4 Å². The SMILES string of the molecule is CCOc1ccc2nc(N[C@@](NC(=O)c3ccc(Cl)cc3)(C(=O)OC)C(F)(F)F)sc2c1. The maximum Gasteiger partial charge on any atom is 0.442 e. The molecule has 12 heteroatoms. The number of carbonyl (C=O) groups is 2. The van der Waals surface area contributed by atoms with Crippen LogP contribution in [-0.2, 0) is 9.53 Å². The third-order valence-corrected chi connectivity index (χ3v) is 5.48. The maximum atomic E-state index is 14.2. The van der Waals surface area contributed by atoms with Crippen LogP contribution in [0, 0.1) is 0 Å². The van der Waals surface area contributed by atoms with Gasteiger partial charge in [-0.05, 0) is 49.4 Å². The lowest BCUT2D eigenvalue weighted by molar-refractivity contribution is -0.203. The highest BCUT2D eigenvalue weighted by Gasteiger charge is 2.64. The summed E-state index contributed by atoms with van der Waals surface area (Å²) in [5.74, 6) is -2.42. The van der Waals surface area contributed by atoms with Gasteiger partial charge < -0.3 is 20.1 Å². The van der Waals surface area contributed by atoms with Crippen LogP contribution in [0.2, 0.25) is 5.02 Å². The second-order valence-electron chi connectivity index (χ2n) is 6.41. The first-order chi connectivity index (χ1) is 15.1. The zero-order valence-electron chi connectivity index (χ0n) is 16.7. The molecule has 0 aliphatic rings. The van der Waals surface area contributed by atoms with Crippen molar-refractivity contribution >= 4 is 50.2 Å². The van der Waals surface area contributed by atoms with Gasteiger partial charge >= 0.3 is 17.8 Å². The number of hydrogen-bond donors (Lipinski definition) is 2. The molecule has 1 amide bonds. The number of carbonyl (C=O) groups excluding carboxylic acids is 2. The molecular formula is C20H17ClF3N3O4S. The van der Waals surface area contributed by atoms with Gasteiger partial charge in [0.15, 0.2) is 5.13 Å². The fourth-order valence-corrected chi connectivity index (χ4v) is 3.84. The Hall–Kier alpha value is -3.05. The molecule has 0 saturated carbocycles. The van der Waals surface area contributed by atoms with E-state index in [2.05, 4.69) is 9.72 Å². The number of benzene rings is 2. The van der Waals surface area contributed by atoms with Gasteiger partial charge in [0, 0.05) is 10.6 Å². The van der Waals surface area contributed by atoms with Crippen molar-refractivity contribution in [2.75, 3.05) is 19.0 Å². The first-order valence-corrected chi connectivity index (χ1v) is 10.3. The number of hydrogen-bond acceptors (Lipinski definition) is 7. The van der Waals surface area contributed by atoms with Crippen LogP contribution in [0.3, 0.4) is 0 Å². The summed E-state index contributed by atoms with van der Waals surface area (Å²) in [6, 6.07) is 9.92. The molecule has 0 radical (unpaired) electrons. The third-order valence-electron chi connectivity index (χ3n) is 4.29. The molecule has 0 aliphatic heterocycles.